The van der Waals surface area contributed by atoms with Crippen molar-refractivity contribution < 1.29 is 22.0 Å². The number of pyridine rings is 1. The average molecular weight is 523 g/mol. The highest BCUT2D eigenvalue weighted by molar-refractivity contribution is 5.58. The Morgan fingerprint density at radius 3 is 2.16 bits per heavy atom. The molecule has 0 aliphatic heterocycles. The fraction of sp³-hybridized carbons (Fsp3) is 0.192. The van der Waals surface area contributed by atoms with Crippen molar-refractivity contribution in [1.29, 1.82) is 0 Å². The third kappa shape index (κ3) is 5.75. The summed E-state index contributed by atoms with van der Waals surface area (Å²) in [6.07, 6.45) is 2.14. The Morgan fingerprint density at radius 1 is 0.868 bits per heavy atom. The monoisotopic (exact) mass is 523 g/mol. The van der Waals surface area contributed by atoms with E-state index in [0.29, 0.717) is 5.69 Å². The number of aromatic nitrogens is 6. The molecule has 8 nitrogen and oxygen atoms in total. The van der Waals surface area contributed by atoms with E-state index in [1.54, 1.807) is 18.6 Å². The second kappa shape index (κ2) is 10.9. The van der Waals surface area contributed by atoms with Crippen molar-refractivity contribution in [3.8, 4) is 22.7 Å². The molecule has 0 bridgehead atoms. The van der Waals surface area contributed by atoms with Gasteiger partial charge < -0.3 is 4.42 Å². The zero-order valence-corrected chi connectivity index (χ0v) is 20.1. The summed E-state index contributed by atoms with van der Waals surface area (Å²) in [5, 5.41) is 14.7. The third-order valence-electron chi connectivity index (χ3n) is 5.78. The summed E-state index contributed by atoms with van der Waals surface area (Å²) in [7, 11) is 2.04. The van der Waals surface area contributed by atoms with Gasteiger partial charge in [-0.25, -0.2) is 13.5 Å². The van der Waals surface area contributed by atoms with Crippen molar-refractivity contribution in [2.24, 2.45) is 0 Å². The molecule has 0 atom stereocenters. The predicted octanol–water partition coefficient (Wildman–Crippen LogP) is 5.29. The van der Waals surface area contributed by atoms with Gasteiger partial charge in [-0.15, -0.1) is 15.3 Å². The second-order valence-corrected chi connectivity index (χ2v) is 8.69. The Bertz CT molecular complexity index is 1500. The zero-order chi connectivity index (χ0) is 26.6. The summed E-state index contributed by atoms with van der Waals surface area (Å²) in [5.74, 6) is -3.15. The van der Waals surface area contributed by atoms with Gasteiger partial charge in [0.05, 0.1) is 12.7 Å². The maximum atomic E-state index is 14.7. The van der Waals surface area contributed by atoms with Crippen LogP contribution in [0.1, 0.15) is 29.0 Å². The van der Waals surface area contributed by atoms with Gasteiger partial charge >= 0.3 is 6.43 Å². The van der Waals surface area contributed by atoms with E-state index < -0.39 is 29.8 Å². The molecule has 38 heavy (non-hydrogen) atoms. The van der Waals surface area contributed by atoms with Crippen LogP contribution >= 0.6 is 0 Å². The lowest BCUT2D eigenvalue weighted by Crippen LogP contribution is -2.17. The van der Waals surface area contributed by atoms with E-state index >= 15 is 0 Å². The Hall–Kier alpha value is -4.45. The predicted molar refractivity (Wildman–Crippen MR) is 129 cm³/mol. The molecule has 194 valence electrons. The van der Waals surface area contributed by atoms with Gasteiger partial charge in [-0.05, 0) is 42.4 Å². The smallest absolute Gasteiger partial charge is 0.314 e. The van der Waals surface area contributed by atoms with Gasteiger partial charge in [-0.1, -0.05) is 29.5 Å². The maximum Gasteiger partial charge on any atom is 0.314 e. The zero-order valence-electron chi connectivity index (χ0n) is 20.1. The van der Waals surface area contributed by atoms with E-state index in [1.165, 1.54) is 10.2 Å². The molecule has 12 heteroatoms. The van der Waals surface area contributed by atoms with Crippen molar-refractivity contribution in [2.45, 2.75) is 26.1 Å². The molecule has 0 radical (unpaired) electrons. The highest BCUT2D eigenvalue weighted by Gasteiger charge is 2.20. The lowest BCUT2D eigenvalue weighted by molar-refractivity contribution is 0.116. The summed E-state index contributed by atoms with van der Waals surface area (Å²) in [6, 6.07) is 13.7. The average Bonchev–Trinajstić information content (AvgIpc) is 3.58. The summed E-state index contributed by atoms with van der Waals surface area (Å²) in [5.41, 5.74) is 3.22. The van der Waals surface area contributed by atoms with Crippen molar-refractivity contribution in [3.05, 3.63) is 101 Å². The number of nitrogens with zero attached hydrogens (tertiary/aromatic N) is 7. The lowest BCUT2D eigenvalue weighted by atomic mass is 10.1. The number of halogens is 4. The van der Waals surface area contributed by atoms with Crippen molar-refractivity contribution in [2.75, 3.05) is 7.05 Å². The molecular formula is C26H21F4N7O. The molecule has 0 saturated carbocycles. The van der Waals surface area contributed by atoms with Crippen LogP contribution in [-0.4, -0.2) is 42.1 Å². The van der Waals surface area contributed by atoms with Crippen LogP contribution in [0.25, 0.3) is 22.7 Å². The third-order valence-corrected chi connectivity index (χ3v) is 5.78. The van der Waals surface area contributed by atoms with Gasteiger partial charge in [0.1, 0.15) is 17.3 Å². The van der Waals surface area contributed by atoms with Crippen molar-refractivity contribution in [3.63, 3.8) is 0 Å². The molecule has 0 fully saturated rings. The maximum absolute atomic E-state index is 14.7. The molecule has 0 aliphatic rings. The van der Waals surface area contributed by atoms with Crippen LogP contribution in [0.5, 0.6) is 0 Å². The standard InChI is InChI=1S/C26H21F4N7O/c1-36(13-17-6-8-31-9-7-17)12-16-2-4-18(5-3-16)23-15-37(35-32-23)14-20-21(27)10-19(11-22(20)28)25-33-34-26(38-25)24(29)30/h2-11,15,24H,12-14H2,1H3. The van der Waals surface area contributed by atoms with E-state index in [1.807, 2.05) is 43.4 Å². The molecule has 3 heterocycles. The van der Waals surface area contributed by atoms with Crippen LogP contribution in [-0.2, 0) is 19.6 Å². The van der Waals surface area contributed by atoms with E-state index in [4.69, 9.17) is 4.42 Å². The first-order valence-corrected chi connectivity index (χ1v) is 11.5. The van der Waals surface area contributed by atoms with Crippen LogP contribution in [0.4, 0.5) is 17.6 Å². The topological polar surface area (TPSA) is 85.8 Å². The van der Waals surface area contributed by atoms with Gasteiger partial charge in [0, 0.05) is 42.2 Å². The first-order chi connectivity index (χ1) is 18.4. The Morgan fingerprint density at radius 2 is 1.53 bits per heavy atom. The second-order valence-electron chi connectivity index (χ2n) is 8.69. The van der Waals surface area contributed by atoms with Crippen LogP contribution < -0.4 is 0 Å². The number of benzene rings is 2. The van der Waals surface area contributed by atoms with Crippen molar-refractivity contribution in [1.82, 2.24) is 35.1 Å². The molecule has 0 spiro atoms. The largest absolute Gasteiger partial charge is 0.415 e. The Labute approximate surface area is 214 Å². The fourth-order valence-electron chi connectivity index (χ4n) is 3.94. The van der Waals surface area contributed by atoms with Gasteiger partial charge in [0.25, 0.3) is 5.89 Å². The highest BCUT2D eigenvalue weighted by Crippen LogP contribution is 2.27. The molecule has 3 aromatic heterocycles. The highest BCUT2D eigenvalue weighted by atomic mass is 19.3. The lowest BCUT2D eigenvalue weighted by Gasteiger charge is -2.16. The Kier molecular flexibility index (Phi) is 7.22. The van der Waals surface area contributed by atoms with Gasteiger partial charge in [0.15, 0.2) is 0 Å². The quantitative estimate of drug-likeness (QED) is 0.243. The fourth-order valence-corrected chi connectivity index (χ4v) is 3.94. The molecule has 0 aliphatic carbocycles. The van der Waals surface area contributed by atoms with Crippen LogP contribution in [0, 0.1) is 11.6 Å². The minimum Gasteiger partial charge on any atom is -0.415 e. The number of hydrogen-bond donors (Lipinski definition) is 0. The minimum atomic E-state index is -2.98. The molecule has 2 aromatic carbocycles. The van der Waals surface area contributed by atoms with Crippen LogP contribution in [0.2, 0.25) is 0 Å². The van der Waals surface area contributed by atoms with E-state index in [9.17, 15) is 17.6 Å². The van der Waals surface area contributed by atoms with Gasteiger partial charge in [-0.2, -0.15) is 8.78 Å². The number of alkyl halides is 2. The first-order valence-electron chi connectivity index (χ1n) is 11.5. The summed E-state index contributed by atoms with van der Waals surface area (Å²) < 4.78 is 60.8. The van der Waals surface area contributed by atoms with E-state index in [2.05, 4.69) is 30.4 Å². The molecule has 0 saturated heterocycles. The molecule has 0 amide bonds. The summed E-state index contributed by atoms with van der Waals surface area (Å²) in [6.45, 7) is 1.31. The van der Waals surface area contributed by atoms with Gasteiger partial charge in [-0.3, -0.25) is 9.88 Å². The van der Waals surface area contributed by atoms with Crippen LogP contribution in [0.15, 0.2) is 71.5 Å². The van der Waals surface area contributed by atoms with Crippen molar-refractivity contribution >= 4 is 0 Å². The summed E-state index contributed by atoms with van der Waals surface area (Å²) in [4.78, 5) is 6.22. The molecule has 0 unspecified atom stereocenters. The molecule has 0 N–H and O–H groups in total. The van der Waals surface area contributed by atoms with E-state index in [-0.39, 0.29) is 17.7 Å². The number of rotatable bonds is 9. The Balaban J connectivity index is 1.25. The number of hydrogen-bond acceptors (Lipinski definition) is 7. The van der Waals surface area contributed by atoms with E-state index in [0.717, 1.165) is 36.3 Å². The normalized spacial score (nSPS) is 11.6. The van der Waals surface area contributed by atoms with Gasteiger partial charge in [0.2, 0.25) is 5.89 Å². The molecule has 5 aromatic rings. The minimum absolute atomic E-state index is 0.144. The molecular weight excluding hydrogens is 502 g/mol. The SMILES string of the molecule is CN(Cc1ccncc1)Cc1ccc(-c2cn(Cc3c(F)cc(-c4nnc(C(F)F)o4)cc3F)nn2)cc1. The summed E-state index contributed by atoms with van der Waals surface area (Å²) >= 11 is 0. The first kappa shape index (κ1) is 25.2. The van der Waals surface area contributed by atoms with Crippen LogP contribution in [0.3, 0.4) is 0 Å². The molecule has 5 rings (SSSR count).